The Bertz CT molecular complexity index is 1070. The Kier molecular flexibility index (Phi) is 9.99. The summed E-state index contributed by atoms with van der Waals surface area (Å²) in [6, 6.07) is 2.92. The van der Waals surface area contributed by atoms with Crippen LogP contribution in [0.25, 0.3) is 0 Å². The molecule has 1 unspecified atom stereocenters. The Morgan fingerprint density at radius 3 is 2.68 bits per heavy atom. The summed E-state index contributed by atoms with van der Waals surface area (Å²) in [5.74, 6) is -1.16. The van der Waals surface area contributed by atoms with Crippen molar-refractivity contribution >= 4 is 21.9 Å². The van der Waals surface area contributed by atoms with Gasteiger partial charge in [0, 0.05) is 44.7 Å². The molecule has 37 heavy (non-hydrogen) atoms. The lowest BCUT2D eigenvalue weighted by atomic mass is 9.84. The lowest BCUT2D eigenvalue weighted by Gasteiger charge is -2.29. The van der Waals surface area contributed by atoms with Crippen LogP contribution in [0, 0.1) is 5.92 Å². The number of carboxylic acids is 1. The normalized spacial score (nSPS) is 21.2. The van der Waals surface area contributed by atoms with Crippen LogP contribution in [-0.2, 0) is 19.6 Å². The molecular formula is C24H38N4O8S. The highest BCUT2D eigenvalue weighted by Gasteiger charge is 2.47. The van der Waals surface area contributed by atoms with Gasteiger partial charge in [-0.25, -0.2) is 13.1 Å². The van der Waals surface area contributed by atoms with Crippen molar-refractivity contribution in [3.8, 4) is 17.2 Å². The number of hydrogen-bond donors (Lipinski definition) is 3. The second kappa shape index (κ2) is 12.8. The Balaban J connectivity index is 1.92. The van der Waals surface area contributed by atoms with Crippen LogP contribution < -0.4 is 24.7 Å². The molecule has 2 aliphatic heterocycles. The molecule has 0 radical (unpaired) electrons. The molecule has 2 aliphatic rings. The zero-order valence-electron chi connectivity index (χ0n) is 21.6. The number of fused-ring (bicyclic) bond motifs is 1. The molecule has 12 nitrogen and oxygen atoms in total. The van der Waals surface area contributed by atoms with Gasteiger partial charge in [0.1, 0.15) is 0 Å². The number of carbonyl (C=O) groups excluding carboxylic acids is 1. The molecule has 4 N–H and O–H groups in total. The molecule has 0 aromatic heterocycles. The van der Waals surface area contributed by atoms with Gasteiger partial charge in [-0.2, -0.15) is 0 Å². The quantitative estimate of drug-likeness (QED) is 0.300. The van der Waals surface area contributed by atoms with Crippen LogP contribution in [0.1, 0.15) is 37.7 Å². The van der Waals surface area contributed by atoms with E-state index in [1.807, 2.05) is 11.8 Å². The number of carbonyl (C=O) groups is 2. The van der Waals surface area contributed by atoms with Gasteiger partial charge < -0.3 is 30.0 Å². The maximum Gasteiger partial charge on any atom is 0.308 e. The molecular weight excluding hydrogens is 504 g/mol. The summed E-state index contributed by atoms with van der Waals surface area (Å²) in [5.41, 5.74) is 6.42. The van der Waals surface area contributed by atoms with Gasteiger partial charge in [-0.3, -0.25) is 14.5 Å². The van der Waals surface area contributed by atoms with Crippen LogP contribution >= 0.6 is 0 Å². The summed E-state index contributed by atoms with van der Waals surface area (Å²) in [6.45, 7) is 3.75. The number of rotatable bonds is 14. The second-order valence-corrected chi connectivity index (χ2v) is 11.2. The van der Waals surface area contributed by atoms with Crippen molar-refractivity contribution in [2.45, 2.75) is 38.1 Å². The maximum atomic E-state index is 13.3. The first-order valence-corrected chi connectivity index (χ1v) is 14.4. The van der Waals surface area contributed by atoms with E-state index in [1.165, 1.54) is 7.11 Å². The van der Waals surface area contributed by atoms with Crippen LogP contribution in [0.2, 0.25) is 0 Å². The molecule has 0 aliphatic carbocycles. The zero-order chi connectivity index (χ0) is 27.2. The van der Waals surface area contributed by atoms with E-state index in [1.54, 1.807) is 17.0 Å². The van der Waals surface area contributed by atoms with E-state index in [-0.39, 0.29) is 32.2 Å². The summed E-state index contributed by atoms with van der Waals surface area (Å²) in [4.78, 5) is 29.4. The third-order valence-corrected chi connectivity index (χ3v) is 7.55. The van der Waals surface area contributed by atoms with Crippen LogP contribution in [0.5, 0.6) is 17.2 Å². The fraction of sp³-hybridized carbons (Fsp3) is 0.667. The van der Waals surface area contributed by atoms with Gasteiger partial charge in [-0.1, -0.05) is 13.3 Å². The molecule has 3 atom stereocenters. The molecule has 0 spiro atoms. The summed E-state index contributed by atoms with van der Waals surface area (Å²) < 4.78 is 42.2. The first-order valence-electron chi connectivity index (χ1n) is 12.5. The van der Waals surface area contributed by atoms with Gasteiger partial charge in [0.25, 0.3) is 0 Å². The number of ether oxygens (including phenoxy) is 3. The predicted octanol–water partition coefficient (Wildman–Crippen LogP) is 0.419. The number of nitrogens with zero attached hydrogens (tertiary/aromatic N) is 2. The van der Waals surface area contributed by atoms with E-state index in [4.69, 9.17) is 19.9 Å². The number of carboxylic acid groups (broad SMARTS) is 1. The van der Waals surface area contributed by atoms with Crippen molar-refractivity contribution in [1.82, 2.24) is 14.5 Å². The largest absolute Gasteiger partial charge is 0.493 e. The van der Waals surface area contributed by atoms with Crippen molar-refractivity contribution in [3.05, 3.63) is 17.7 Å². The number of unbranched alkanes of at least 4 members (excludes halogenated alkanes) is 1. The molecule has 1 aromatic carbocycles. The number of benzene rings is 1. The van der Waals surface area contributed by atoms with Crippen molar-refractivity contribution in [2.75, 3.05) is 59.4 Å². The van der Waals surface area contributed by atoms with Gasteiger partial charge in [-0.05, 0) is 30.5 Å². The highest BCUT2D eigenvalue weighted by Crippen LogP contribution is 2.47. The molecule has 3 rings (SSSR count). The molecule has 13 heteroatoms. The minimum absolute atomic E-state index is 0.00915. The first kappa shape index (κ1) is 29.0. The minimum atomic E-state index is -3.46. The zero-order valence-corrected chi connectivity index (χ0v) is 22.5. The Morgan fingerprint density at radius 2 is 2.05 bits per heavy atom. The van der Waals surface area contributed by atoms with Gasteiger partial charge in [0.05, 0.1) is 25.8 Å². The molecule has 208 valence electrons. The third kappa shape index (κ3) is 7.24. The number of methoxy groups -OCH3 is 1. The van der Waals surface area contributed by atoms with E-state index in [0.717, 1.165) is 19.1 Å². The van der Waals surface area contributed by atoms with Crippen molar-refractivity contribution in [3.63, 3.8) is 0 Å². The Hall–Kier alpha value is -2.61. The molecule has 1 saturated heterocycles. The topological polar surface area (TPSA) is 161 Å². The van der Waals surface area contributed by atoms with E-state index in [0.29, 0.717) is 49.0 Å². The van der Waals surface area contributed by atoms with Crippen molar-refractivity contribution < 1.29 is 37.3 Å². The average Bonchev–Trinajstić information content (AvgIpc) is 3.45. The van der Waals surface area contributed by atoms with E-state index in [9.17, 15) is 23.1 Å². The molecule has 2 heterocycles. The smallest absolute Gasteiger partial charge is 0.308 e. The number of nitrogens with one attached hydrogen (secondary N) is 1. The number of aliphatic carboxylic acids is 1. The van der Waals surface area contributed by atoms with Gasteiger partial charge in [0.15, 0.2) is 11.5 Å². The summed E-state index contributed by atoms with van der Waals surface area (Å²) in [6.07, 6.45) is 3.04. The summed E-state index contributed by atoms with van der Waals surface area (Å²) >= 11 is 0. The fourth-order valence-corrected chi connectivity index (χ4v) is 5.57. The SMILES string of the molecule is CCCCN(CCN)C(=O)CN1C[C@H](c2cc(OC)c3c(c2)OCO3)C(C(=O)O)[C@@H]1CCNS(C)(=O)=O. The van der Waals surface area contributed by atoms with Crippen LogP contribution in [0.3, 0.4) is 0 Å². The molecule has 1 aromatic rings. The highest BCUT2D eigenvalue weighted by atomic mass is 32.2. The second-order valence-electron chi connectivity index (χ2n) is 9.40. The van der Waals surface area contributed by atoms with Crippen molar-refractivity contribution in [2.24, 2.45) is 11.7 Å². The summed E-state index contributed by atoms with van der Waals surface area (Å²) in [7, 11) is -1.96. The third-order valence-electron chi connectivity index (χ3n) is 6.82. The molecule has 0 saturated carbocycles. The maximum absolute atomic E-state index is 13.3. The van der Waals surface area contributed by atoms with Gasteiger partial charge in [0.2, 0.25) is 28.5 Å². The van der Waals surface area contributed by atoms with E-state index in [2.05, 4.69) is 4.72 Å². The van der Waals surface area contributed by atoms with Crippen LogP contribution in [0.15, 0.2) is 12.1 Å². The number of likely N-dealkylation sites (tertiary alicyclic amines) is 1. The Labute approximate surface area is 218 Å². The number of nitrogens with two attached hydrogens (primary N) is 1. The fourth-order valence-electron chi connectivity index (χ4n) is 5.09. The minimum Gasteiger partial charge on any atom is -0.493 e. The molecule has 0 bridgehead atoms. The molecule has 1 amide bonds. The lowest BCUT2D eigenvalue weighted by molar-refractivity contribution is -0.143. The first-order chi connectivity index (χ1) is 17.6. The number of sulfonamides is 1. The number of amides is 1. The van der Waals surface area contributed by atoms with E-state index < -0.39 is 33.9 Å². The monoisotopic (exact) mass is 542 g/mol. The van der Waals surface area contributed by atoms with Crippen molar-refractivity contribution in [1.29, 1.82) is 0 Å². The van der Waals surface area contributed by atoms with Gasteiger partial charge >= 0.3 is 5.97 Å². The van der Waals surface area contributed by atoms with E-state index >= 15 is 0 Å². The van der Waals surface area contributed by atoms with Crippen LogP contribution in [-0.4, -0.2) is 101 Å². The Morgan fingerprint density at radius 1 is 1.30 bits per heavy atom. The molecule has 1 fully saturated rings. The summed E-state index contributed by atoms with van der Waals surface area (Å²) in [5, 5.41) is 10.3. The van der Waals surface area contributed by atoms with Crippen LogP contribution in [0.4, 0.5) is 0 Å². The average molecular weight is 543 g/mol. The predicted molar refractivity (Wildman–Crippen MR) is 136 cm³/mol. The van der Waals surface area contributed by atoms with Gasteiger partial charge in [-0.15, -0.1) is 0 Å². The highest BCUT2D eigenvalue weighted by molar-refractivity contribution is 7.88. The number of hydrogen-bond acceptors (Lipinski definition) is 9. The lowest BCUT2D eigenvalue weighted by Crippen LogP contribution is -2.46. The standard InChI is InChI=1S/C24H38N4O8S/c1-4-5-9-27(10-7-25)21(29)14-28-13-17(16-11-19(34-2)23-20(12-16)35-15-36-23)22(24(30)31)18(28)6-8-26-37(3,32)33/h11-12,17-18,22,26H,4-10,13-15,25H2,1-3H3,(H,30,31)/t17-,18+,22?/m1/s1.